The number of alkyl carbamates (subject to hydrolysis) is 1. The van der Waals surface area contributed by atoms with E-state index in [1.807, 2.05) is 44.2 Å². The normalized spacial score (nSPS) is 22.5. The maximum absolute atomic E-state index is 13.7. The zero-order valence-corrected chi connectivity index (χ0v) is 23.7. The highest BCUT2D eigenvalue weighted by molar-refractivity contribution is 7.89. The number of carbonyl (C=O) groups is 1. The minimum absolute atomic E-state index is 0.0127. The monoisotopic (exact) mass is 573 g/mol. The first-order valence-electron chi connectivity index (χ1n) is 13.7. The lowest BCUT2D eigenvalue weighted by Crippen LogP contribution is -2.51. The van der Waals surface area contributed by atoms with Gasteiger partial charge in [0.15, 0.2) is 0 Å². The molecule has 0 bridgehead atoms. The third kappa shape index (κ3) is 7.81. The Labute approximate surface area is 236 Å². The summed E-state index contributed by atoms with van der Waals surface area (Å²) in [5.74, 6) is 0.374. The van der Waals surface area contributed by atoms with Gasteiger partial charge in [-0.1, -0.05) is 61.5 Å². The third-order valence-electron chi connectivity index (χ3n) is 7.41. The number of benzene rings is 2. The molecular formula is C29H39N3O7S. The van der Waals surface area contributed by atoms with Crippen LogP contribution in [0.5, 0.6) is 0 Å². The molecule has 1 saturated heterocycles. The van der Waals surface area contributed by atoms with E-state index in [0.29, 0.717) is 17.9 Å². The van der Waals surface area contributed by atoms with Crippen LogP contribution in [0, 0.1) is 11.8 Å². The van der Waals surface area contributed by atoms with Gasteiger partial charge in [-0.2, -0.15) is 4.31 Å². The quantitative estimate of drug-likeness (QED) is 0.201. The van der Waals surface area contributed by atoms with Gasteiger partial charge in [0.1, 0.15) is 6.10 Å². The number of nitrogens with zero attached hydrogens (tertiary/aromatic N) is 2. The van der Waals surface area contributed by atoms with Gasteiger partial charge >= 0.3 is 6.09 Å². The Morgan fingerprint density at radius 2 is 1.95 bits per heavy atom. The van der Waals surface area contributed by atoms with E-state index < -0.39 is 28.3 Å². The molecule has 2 aliphatic rings. The molecular weight excluding hydrogens is 534 g/mol. The van der Waals surface area contributed by atoms with Crippen molar-refractivity contribution in [3.63, 3.8) is 0 Å². The van der Waals surface area contributed by atoms with Crippen LogP contribution in [-0.2, 0) is 25.9 Å². The Hall–Kier alpha value is -2.99. The molecule has 0 spiro atoms. The second-order valence-corrected chi connectivity index (χ2v) is 12.9. The van der Waals surface area contributed by atoms with Gasteiger partial charge in [0.05, 0.1) is 29.4 Å². The van der Waals surface area contributed by atoms with E-state index in [2.05, 4.69) is 10.5 Å². The van der Waals surface area contributed by atoms with E-state index in [4.69, 9.17) is 14.7 Å². The highest BCUT2D eigenvalue weighted by Gasteiger charge is 2.40. The van der Waals surface area contributed by atoms with E-state index in [-0.39, 0.29) is 42.5 Å². The van der Waals surface area contributed by atoms with Crippen molar-refractivity contribution < 1.29 is 33.0 Å². The zero-order chi connectivity index (χ0) is 28.7. The fourth-order valence-corrected chi connectivity index (χ4v) is 7.16. The fourth-order valence-electron chi connectivity index (χ4n) is 5.49. The van der Waals surface area contributed by atoms with E-state index in [1.54, 1.807) is 12.1 Å². The summed E-state index contributed by atoms with van der Waals surface area (Å²) in [6.45, 7) is 4.45. The van der Waals surface area contributed by atoms with Crippen LogP contribution in [-0.4, -0.2) is 79.4 Å². The Kier molecular flexibility index (Phi) is 10.2. The standard InChI is InChI=1S/C29H39N3O7S/c1-20(2)18-32(40(36,37)25-10-6-9-22(13-25)17-30-35)19-27(33)26(14-21-7-4-3-5-8-21)31-29(34)39-24-15-23-11-12-38-28(23)16-24/h3-10,13,17,20,23-24,26-28,33,35H,11-12,14-16,18-19H2,1-2H3,(H,31,34)/b30-17+/t23?,24-,26+,27-,28-/m1/s1. The number of carbonyl (C=O) groups excluding carboxylic acids is 1. The molecule has 0 aromatic heterocycles. The summed E-state index contributed by atoms with van der Waals surface area (Å²) in [7, 11) is -4.02. The number of nitrogens with one attached hydrogen (secondary N) is 1. The molecule has 4 rings (SSSR count). The first-order chi connectivity index (χ1) is 19.2. The second-order valence-electron chi connectivity index (χ2n) is 11.0. The number of hydrogen-bond acceptors (Lipinski definition) is 8. The highest BCUT2D eigenvalue weighted by atomic mass is 32.2. The van der Waals surface area contributed by atoms with Gasteiger partial charge in [-0.15, -0.1) is 0 Å². The van der Waals surface area contributed by atoms with Gasteiger partial charge in [0, 0.05) is 26.1 Å². The van der Waals surface area contributed by atoms with E-state index in [9.17, 15) is 18.3 Å². The maximum atomic E-state index is 13.7. The van der Waals surface area contributed by atoms with Crippen LogP contribution in [0.4, 0.5) is 4.79 Å². The molecule has 40 heavy (non-hydrogen) atoms. The third-order valence-corrected chi connectivity index (χ3v) is 9.24. The minimum Gasteiger partial charge on any atom is -0.446 e. The number of sulfonamides is 1. The van der Waals surface area contributed by atoms with Crippen molar-refractivity contribution in [2.24, 2.45) is 17.0 Å². The number of aliphatic hydroxyl groups excluding tert-OH is 1. The van der Waals surface area contributed by atoms with Gasteiger partial charge in [0.2, 0.25) is 10.0 Å². The predicted molar refractivity (Wildman–Crippen MR) is 150 cm³/mol. The smallest absolute Gasteiger partial charge is 0.407 e. The lowest BCUT2D eigenvalue weighted by molar-refractivity contribution is 0.0554. The average molecular weight is 574 g/mol. The van der Waals surface area contributed by atoms with E-state index in [1.165, 1.54) is 16.4 Å². The lowest BCUT2D eigenvalue weighted by atomic mass is 10.0. The summed E-state index contributed by atoms with van der Waals surface area (Å²) < 4.78 is 40.0. The molecule has 1 aliphatic carbocycles. The molecule has 218 valence electrons. The number of ether oxygens (including phenoxy) is 2. The van der Waals surface area contributed by atoms with Gasteiger partial charge in [0.25, 0.3) is 0 Å². The van der Waals surface area contributed by atoms with Crippen LogP contribution in [0.3, 0.4) is 0 Å². The summed E-state index contributed by atoms with van der Waals surface area (Å²) in [6.07, 6.45) is 1.82. The predicted octanol–water partition coefficient (Wildman–Crippen LogP) is 3.41. The van der Waals surface area contributed by atoms with Crippen LogP contribution in [0.2, 0.25) is 0 Å². The van der Waals surface area contributed by atoms with E-state index in [0.717, 1.165) is 31.2 Å². The molecule has 1 unspecified atom stereocenters. The molecule has 5 atom stereocenters. The highest BCUT2D eigenvalue weighted by Crippen LogP contribution is 2.37. The van der Waals surface area contributed by atoms with Crippen molar-refractivity contribution in [1.82, 2.24) is 9.62 Å². The van der Waals surface area contributed by atoms with Crippen LogP contribution in [0.1, 0.15) is 44.2 Å². The Morgan fingerprint density at radius 3 is 2.65 bits per heavy atom. The summed E-state index contributed by atoms with van der Waals surface area (Å²) in [5.41, 5.74) is 1.30. The van der Waals surface area contributed by atoms with E-state index >= 15 is 0 Å². The molecule has 1 aliphatic heterocycles. The van der Waals surface area contributed by atoms with Gasteiger partial charge < -0.3 is 25.1 Å². The van der Waals surface area contributed by atoms with Crippen molar-refractivity contribution in [3.05, 3.63) is 65.7 Å². The van der Waals surface area contributed by atoms with Crippen LogP contribution in [0.15, 0.2) is 64.6 Å². The SMILES string of the molecule is CC(C)CN(C[C@@H](O)[C@H](Cc1ccccc1)NC(=O)O[C@@H]1CC2CCO[C@@H]2C1)S(=O)(=O)c1cccc(/C=N/O)c1. The summed E-state index contributed by atoms with van der Waals surface area (Å²) >= 11 is 0. The van der Waals surface area contributed by atoms with Crippen LogP contribution < -0.4 is 5.32 Å². The summed E-state index contributed by atoms with van der Waals surface area (Å²) in [5, 5.41) is 26.1. The second kappa shape index (κ2) is 13.6. The Bertz CT molecular complexity index is 1240. The summed E-state index contributed by atoms with van der Waals surface area (Å²) in [4.78, 5) is 13.0. The lowest BCUT2D eigenvalue weighted by Gasteiger charge is -2.31. The maximum Gasteiger partial charge on any atom is 0.407 e. The summed E-state index contributed by atoms with van der Waals surface area (Å²) in [6, 6.07) is 14.6. The van der Waals surface area contributed by atoms with Crippen molar-refractivity contribution in [1.29, 1.82) is 0 Å². The molecule has 1 saturated carbocycles. The van der Waals surface area contributed by atoms with Gasteiger partial charge in [-0.25, -0.2) is 13.2 Å². The molecule has 0 radical (unpaired) electrons. The number of amides is 1. The zero-order valence-electron chi connectivity index (χ0n) is 22.9. The van der Waals surface area contributed by atoms with Gasteiger partial charge in [-0.3, -0.25) is 0 Å². The van der Waals surface area contributed by atoms with Crippen molar-refractivity contribution in [2.75, 3.05) is 19.7 Å². The number of aliphatic hydroxyl groups is 1. The van der Waals surface area contributed by atoms with Gasteiger partial charge in [-0.05, 0) is 54.4 Å². The number of hydrogen-bond donors (Lipinski definition) is 3. The fraction of sp³-hybridized carbons (Fsp3) is 0.517. The number of fused-ring (bicyclic) bond motifs is 1. The molecule has 3 N–H and O–H groups in total. The van der Waals surface area contributed by atoms with Crippen LogP contribution >= 0.6 is 0 Å². The molecule has 1 amide bonds. The Balaban J connectivity index is 1.51. The molecule has 2 aromatic carbocycles. The van der Waals surface area contributed by atoms with Crippen molar-refractivity contribution in [3.8, 4) is 0 Å². The molecule has 2 fully saturated rings. The first kappa shape index (κ1) is 30.0. The first-order valence-corrected chi connectivity index (χ1v) is 15.2. The molecule has 2 aromatic rings. The number of oxime groups is 1. The van der Waals surface area contributed by atoms with Crippen molar-refractivity contribution >= 4 is 22.3 Å². The molecule has 11 heteroatoms. The molecule has 10 nitrogen and oxygen atoms in total. The van der Waals surface area contributed by atoms with Crippen molar-refractivity contribution in [2.45, 2.75) is 68.8 Å². The average Bonchev–Trinajstić information content (AvgIpc) is 3.50. The molecule has 1 heterocycles. The largest absolute Gasteiger partial charge is 0.446 e. The number of rotatable bonds is 12. The Morgan fingerprint density at radius 1 is 1.18 bits per heavy atom. The minimum atomic E-state index is -4.02. The topological polar surface area (TPSA) is 138 Å². The van der Waals surface area contributed by atoms with Crippen LogP contribution in [0.25, 0.3) is 0 Å².